The number of para-hydroxylation sites is 2. The molecule has 354 valence electrons. The van der Waals surface area contributed by atoms with Crippen LogP contribution in [0.2, 0.25) is 0 Å². The van der Waals surface area contributed by atoms with E-state index in [0.29, 0.717) is 58.8 Å². The molecular formula is C49H44F6N6O7. The van der Waals surface area contributed by atoms with E-state index in [2.05, 4.69) is 31.9 Å². The molecule has 0 unspecified atom stereocenters. The first-order valence-corrected chi connectivity index (χ1v) is 21.2. The molecule has 0 saturated heterocycles. The molecule has 4 fully saturated rings. The second kappa shape index (κ2) is 21.0. The van der Waals surface area contributed by atoms with Crippen LogP contribution in [0.15, 0.2) is 121 Å². The van der Waals surface area contributed by atoms with Crippen molar-refractivity contribution in [3.63, 3.8) is 0 Å². The van der Waals surface area contributed by atoms with Crippen LogP contribution in [0.4, 0.5) is 69.2 Å². The third kappa shape index (κ3) is 12.6. The number of urea groups is 3. The number of phenolic OH excluding ortho intramolecular Hbond substituents is 3. The maximum atomic E-state index is 13.3. The predicted molar refractivity (Wildman–Crippen MR) is 242 cm³/mol. The molecule has 13 nitrogen and oxygen atoms in total. The second-order valence-electron chi connectivity index (χ2n) is 16.6. The van der Waals surface area contributed by atoms with Crippen LogP contribution in [0, 0.1) is 52.7 Å². The number of amides is 6. The van der Waals surface area contributed by atoms with E-state index < -0.39 is 70.2 Å². The molecule has 4 aliphatic carbocycles. The summed E-state index contributed by atoms with van der Waals surface area (Å²) in [4.78, 5) is 35.8. The van der Waals surface area contributed by atoms with Gasteiger partial charge in [-0.1, -0.05) is 36.4 Å². The summed E-state index contributed by atoms with van der Waals surface area (Å²) in [5.74, 6) is -5.15. The zero-order valence-electron chi connectivity index (χ0n) is 35.8. The lowest BCUT2D eigenvalue weighted by molar-refractivity contribution is -0.0127. The molecular weight excluding hydrogens is 899 g/mol. The number of rotatable bonds is 8. The first kappa shape index (κ1) is 47.9. The van der Waals surface area contributed by atoms with E-state index in [1.54, 1.807) is 54.6 Å². The highest BCUT2D eigenvalue weighted by Gasteiger charge is 2.51. The Kier molecular flexibility index (Phi) is 14.8. The summed E-state index contributed by atoms with van der Waals surface area (Å²) in [6, 6.07) is 26.4. The Morgan fingerprint density at radius 2 is 0.809 bits per heavy atom. The van der Waals surface area contributed by atoms with E-state index in [9.17, 15) is 56.0 Å². The molecule has 68 heavy (non-hydrogen) atoms. The highest BCUT2D eigenvalue weighted by atomic mass is 19.2. The van der Waals surface area contributed by atoms with Crippen LogP contribution in [0.3, 0.4) is 0 Å². The lowest BCUT2D eigenvalue weighted by Crippen LogP contribution is -2.60. The zero-order chi connectivity index (χ0) is 48.5. The van der Waals surface area contributed by atoms with Gasteiger partial charge in [-0.3, -0.25) is 0 Å². The van der Waals surface area contributed by atoms with Gasteiger partial charge in [-0.05, 0) is 105 Å². The Morgan fingerprint density at radius 3 is 1.22 bits per heavy atom. The number of ether oxygens (including phenoxy) is 1. The molecule has 10 rings (SSSR count). The second-order valence-corrected chi connectivity index (χ2v) is 16.6. The van der Waals surface area contributed by atoms with E-state index in [-0.39, 0.29) is 22.6 Å². The average Bonchev–Trinajstić information content (AvgIpc) is 3.27. The molecule has 6 amide bonds. The molecule has 0 spiro atoms. The van der Waals surface area contributed by atoms with Crippen LogP contribution >= 0.6 is 0 Å². The SMILES string of the molecule is O=C(Nc1cc(F)cc(F)c1O)NC12CC3CC(CC(C3)C1)C2.O=C(Nc1ccc(Oc2ccccc2)cc1)Nc1cc(F)cc(F)c1O.O=C(Nc1ccccc1)Nc1cc(F)cc(F)c1O. The zero-order valence-corrected chi connectivity index (χ0v) is 35.8. The molecule has 6 aromatic rings. The average molecular weight is 943 g/mol. The van der Waals surface area contributed by atoms with Crippen molar-refractivity contribution in [3.8, 4) is 28.7 Å². The molecule has 9 N–H and O–H groups in total. The van der Waals surface area contributed by atoms with Gasteiger partial charge < -0.3 is 52.0 Å². The van der Waals surface area contributed by atoms with Crippen molar-refractivity contribution in [2.45, 2.75) is 44.1 Å². The maximum Gasteiger partial charge on any atom is 0.323 e. The quantitative estimate of drug-likeness (QED) is 0.0535. The van der Waals surface area contributed by atoms with Crippen molar-refractivity contribution in [3.05, 3.63) is 156 Å². The summed E-state index contributed by atoms with van der Waals surface area (Å²) >= 11 is 0. The van der Waals surface area contributed by atoms with Gasteiger partial charge in [0.2, 0.25) is 0 Å². The van der Waals surface area contributed by atoms with Gasteiger partial charge in [0.25, 0.3) is 0 Å². The van der Waals surface area contributed by atoms with Crippen molar-refractivity contribution in [1.82, 2.24) is 5.32 Å². The smallest absolute Gasteiger partial charge is 0.323 e. The largest absolute Gasteiger partial charge is 0.503 e. The van der Waals surface area contributed by atoms with Crippen molar-refractivity contribution < 1.29 is 60.8 Å². The Hall–Kier alpha value is -8.09. The van der Waals surface area contributed by atoms with Crippen molar-refractivity contribution in [2.24, 2.45) is 17.8 Å². The Labute approximate surface area is 385 Å². The Bertz CT molecular complexity index is 2740. The van der Waals surface area contributed by atoms with Crippen LogP contribution in [0.5, 0.6) is 28.7 Å². The van der Waals surface area contributed by atoms with E-state index in [1.807, 2.05) is 30.3 Å². The number of benzene rings is 6. The summed E-state index contributed by atoms with van der Waals surface area (Å²) in [6.07, 6.45) is 6.73. The first-order chi connectivity index (χ1) is 32.5. The predicted octanol–water partition coefficient (Wildman–Crippen LogP) is 12.2. The number of anilines is 5. The fourth-order valence-corrected chi connectivity index (χ4v) is 8.96. The summed E-state index contributed by atoms with van der Waals surface area (Å²) in [5, 5.41) is 43.2. The minimum absolute atomic E-state index is 0.194. The minimum atomic E-state index is -1.16. The molecule has 0 aromatic heterocycles. The van der Waals surface area contributed by atoms with E-state index in [0.717, 1.165) is 37.5 Å². The van der Waals surface area contributed by atoms with E-state index >= 15 is 0 Å². The summed E-state index contributed by atoms with van der Waals surface area (Å²) < 4.78 is 84.7. The Morgan fingerprint density at radius 1 is 0.456 bits per heavy atom. The van der Waals surface area contributed by atoms with Gasteiger partial charge >= 0.3 is 18.1 Å². The maximum absolute atomic E-state index is 13.3. The number of nitrogens with one attached hydrogen (secondary N) is 6. The molecule has 4 saturated carbocycles. The van der Waals surface area contributed by atoms with Gasteiger partial charge in [0.05, 0.1) is 17.1 Å². The number of phenols is 3. The number of hydrogen-bond donors (Lipinski definition) is 9. The molecule has 0 radical (unpaired) electrons. The standard InChI is InChI=1S/C19H14F2N2O3.C17H20F2N2O2.C13H10F2N2O2/c20-12-10-16(21)18(24)17(11-12)23-19(25)22-13-6-8-15(9-7-13)26-14-4-2-1-3-5-14;18-12-4-13(19)15(22)14(5-12)20-16(23)21-17-6-9-1-10(7-17)3-11(2-9)8-17;14-8-6-10(15)12(18)11(7-8)17-13(19)16-9-4-2-1-3-5-9/h1-11,24H,(H2,22,23,25);4-5,9-11,22H,1-3,6-8H2,(H2,20,21,23);1-7,18H,(H2,16,17,19). The van der Waals surface area contributed by atoms with Gasteiger partial charge in [0.1, 0.15) is 29.0 Å². The van der Waals surface area contributed by atoms with E-state index in [4.69, 9.17) is 4.74 Å². The fraction of sp³-hybridized carbons (Fsp3) is 0.204. The normalized spacial score (nSPS) is 18.4. The van der Waals surface area contributed by atoms with Crippen LogP contribution in [-0.4, -0.2) is 39.0 Å². The van der Waals surface area contributed by atoms with Gasteiger partial charge in [-0.2, -0.15) is 0 Å². The molecule has 0 aliphatic heterocycles. The van der Waals surface area contributed by atoms with Gasteiger partial charge in [-0.25, -0.2) is 40.7 Å². The monoisotopic (exact) mass is 942 g/mol. The highest BCUT2D eigenvalue weighted by molar-refractivity contribution is 6.01. The van der Waals surface area contributed by atoms with Crippen molar-refractivity contribution in [1.29, 1.82) is 0 Å². The van der Waals surface area contributed by atoms with Crippen molar-refractivity contribution in [2.75, 3.05) is 26.6 Å². The third-order valence-electron chi connectivity index (χ3n) is 11.4. The van der Waals surface area contributed by atoms with E-state index in [1.165, 1.54) is 19.3 Å². The number of carbonyl (C=O) groups excluding carboxylic acids is 3. The number of carbonyl (C=O) groups is 3. The highest BCUT2D eigenvalue weighted by Crippen LogP contribution is 2.55. The van der Waals surface area contributed by atoms with Crippen LogP contribution in [0.25, 0.3) is 0 Å². The van der Waals surface area contributed by atoms with Crippen LogP contribution < -0.4 is 36.6 Å². The Balaban J connectivity index is 0.000000153. The molecule has 4 bridgehead atoms. The lowest BCUT2D eigenvalue weighted by atomic mass is 9.53. The molecule has 0 heterocycles. The molecule has 19 heteroatoms. The van der Waals surface area contributed by atoms with Gasteiger partial charge in [-0.15, -0.1) is 0 Å². The lowest BCUT2D eigenvalue weighted by Gasteiger charge is -2.56. The summed E-state index contributed by atoms with van der Waals surface area (Å²) in [6.45, 7) is 0. The third-order valence-corrected chi connectivity index (χ3v) is 11.4. The van der Waals surface area contributed by atoms with Crippen molar-refractivity contribution >= 4 is 46.5 Å². The number of halogens is 6. The van der Waals surface area contributed by atoms with Crippen LogP contribution in [-0.2, 0) is 0 Å². The summed E-state index contributed by atoms with van der Waals surface area (Å²) in [5.41, 5.74) is -0.212. The number of aromatic hydroxyl groups is 3. The van der Waals surface area contributed by atoms with Gasteiger partial charge in [0.15, 0.2) is 34.7 Å². The minimum Gasteiger partial charge on any atom is -0.503 e. The van der Waals surface area contributed by atoms with Crippen LogP contribution in [0.1, 0.15) is 38.5 Å². The fourth-order valence-electron chi connectivity index (χ4n) is 8.96. The summed E-state index contributed by atoms with van der Waals surface area (Å²) in [7, 11) is 0. The molecule has 0 atom stereocenters. The van der Waals surface area contributed by atoms with Gasteiger partial charge in [0, 0.05) is 53.3 Å². The first-order valence-electron chi connectivity index (χ1n) is 21.2. The molecule has 4 aliphatic rings. The topological polar surface area (TPSA) is 193 Å². The molecule has 6 aromatic carbocycles. The number of hydrogen-bond acceptors (Lipinski definition) is 7.